The van der Waals surface area contributed by atoms with Crippen molar-refractivity contribution in [3.63, 3.8) is 0 Å². The van der Waals surface area contributed by atoms with E-state index in [1.807, 2.05) is 0 Å². The predicted molar refractivity (Wildman–Crippen MR) is 325 cm³/mol. The largest absolute Gasteiger partial charge is 0.462 e. The van der Waals surface area contributed by atoms with Crippen LogP contribution >= 0.6 is 0 Å². The third-order valence-electron chi connectivity index (χ3n) is 13.3. The lowest BCUT2D eigenvalue weighted by Gasteiger charge is -2.18. The van der Waals surface area contributed by atoms with Gasteiger partial charge >= 0.3 is 17.9 Å². The zero-order valence-corrected chi connectivity index (χ0v) is 49.0. The minimum atomic E-state index is -0.792. The van der Waals surface area contributed by atoms with Gasteiger partial charge in [0.25, 0.3) is 0 Å². The molecule has 0 heterocycles. The van der Waals surface area contributed by atoms with Crippen molar-refractivity contribution in [2.24, 2.45) is 0 Å². The lowest BCUT2D eigenvalue weighted by Crippen LogP contribution is -2.30. The van der Waals surface area contributed by atoms with Crippen molar-refractivity contribution in [2.45, 2.75) is 297 Å². The molecule has 0 saturated carbocycles. The fraction of sp³-hybridized carbons (Fsp3) is 0.696. The molecule has 1 unspecified atom stereocenters. The zero-order chi connectivity index (χ0) is 54.3. The van der Waals surface area contributed by atoms with Crippen LogP contribution in [0, 0.1) is 0 Å². The molecule has 0 aliphatic rings. The van der Waals surface area contributed by atoms with E-state index < -0.39 is 6.10 Å². The van der Waals surface area contributed by atoms with E-state index in [4.69, 9.17) is 14.2 Å². The second kappa shape index (κ2) is 62.6. The van der Waals surface area contributed by atoms with Crippen molar-refractivity contribution >= 4 is 17.9 Å². The van der Waals surface area contributed by atoms with Gasteiger partial charge in [0.05, 0.1) is 0 Å². The van der Waals surface area contributed by atoms with Gasteiger partial charge in [0, 0.05) is 19.3 Å². The summed E-state index contributed by atoms with van der Waals surface area (Å²) < 4.78 is 16.9. The number of esters is 3. The van der Waals surface area contributed by atoms with Crippen molar-refractivity contribution in [3.8, 4) is 0 Å². The highest BCUT2D eigenvalue weighted by molar-refractivity contribution is 5.71. The molecular weight excluding hydrogens is 925 g/mol. The first-order chi connectivity index (χ1) is 37.0. The molecule has 1 atom stereocenters. The van der Waals surface area contributed by atoms with Crippen LogP contribution in [0.15, 0.2) is 109 Å². The third kappa shape index (κ3) is 60.8. The first kappa shape index (κ1) is 71.1. The molecule has 0 saturated heterocycles. The van der Waals surface area contributed by atoms with Gasteiger partial charge in [-0.2, -0.15) is 0 Å². The quantitative estimate of drug-likeness (QED) is 0.0199. The Kier molecular flexibility index (Phi) is 59.3. The molecule has 0 fully saturated rings. The van der Waals surface area contributed by atoms with Crippen molar-refractivity contribution < 1.29 is 28.6 Å². The third-order valence-corrected chi connectivity index (χ3v) is 13.3. The zero-order valence-electron chi connectivity index (χ0n) is 49.0. The van der Waals surface area contributed by atoms with E-state index in [-0.39, 0.29) is 31.1 Å². The molecule has 0 rings (SSSR count). The van der Waals surface area contributed by atoms with Crippen LogP contribution < -0.4 is 0 Å². The fourth-order valence-electron chi connectivity index (χ4n) is 8.62. The van der Waals surface area contributed by atoms with Gasteiger partial charge in [-0.3, -0.25) is 14.4 Å². The summed E-state index contributed by atoms with van der Waals surface area (Å²) in [5, 5.41) is 0. The second-order valence-electron chi connectivity index (χ2n) is 20.6. The van der Waals surface area contributed by atoms with Gasteiger partial charge in [-0.1, -0.05) is 265 Å². The maximum Gasteiger partial charge on any atom is 0.306 e. The Balaban J connectivity index is 4.43. The summed E-state index contributed by atoms with van der Waals surface area (Å²) in [6.07, 6.45) is 85.1. The van der Waals surface area contributed by atoms with Crippen LogP contribution in [-0.2, 0) is 28.6 Å². The molecule has 0 aromatic heterocycles. The molecule has 0 aromatic rings. The van der Waals surface area contributed by atoms with Crippen molar-refractivity contribution in [1.29, 1.82) is 0 Å². The summed E-state index contributed by atoms with van der Waals surface area (Å²) in [5.41, 5.74) is 0. The standard InChI is InChI=1S/C69H116O6/c1-4-7-10-13-16-19-22-25-28-31-34-37-40-43-46-49-52-55-58-61-67(70)73-64-66(75-69(72)63-60-57-54-51-48-45-42-39-36-33-30-27-24-21-18-15-12-9-6-3)65-74-68(71)62-59-56-53-50-47-44-41-38-35-32-29-26-23-20-17-14-11-8-5-2/h7,9-10,12,16-21,23,25-28,30,34,37,66H,4-6,8,11,13-15,22,24,29,31-33,35-36,38-65H2,1-3H3/b10-7-,12-9-,19-16-,20-17-,21-18-,26-23-,28-25-,30-27-,37-34-. The predicted octanol–water partition coefficient (Wildman–Crippen LogP) is 21.4. The molecule has 6 heteroatoms. The number of hydrogen-bond donors (Lipinski definition) is 0. The molecule has 0 aliphatic heterocycles. The molecule has 0 bridgehead atoms. The normalized spacial score (nSPS) is 12.8. The number of carbonyl (C=O) groups excluding carboxylic acids is 3. The minimum absolute atomic E-state index is 0.0872. The molecular formula is C69H116O6. The highest BCUT2D eigenvalue weighted by Gasteiger charge is 2.19. The Morgan fingerprint density at radius 1 is 0.293 bits per heavy atom. The van der Waals surface area contributed by atoms with Gasteiger partial charge in [-0.15, -0.1) is 0 Å². The Morgan fingerprint density at radius 2 is 0.560 bits per heavy atom. The minimum Gasteiger partial charge on any atom is -0.462 e. The first-order valence-electron chi connectivity index (χ1n) is 31.4. The monoisotopic (exact) mass is 1040 g/mol. The topological polar surface area (TPSA) is 78.9 Å². The maximum absolute atomic E-state index is 12.9. The van der Waals surface area contributed by atoms with Crippen LogP contribution in [0.25, 0.3) is 0 Å². The van der Waals surface area contributed by atoms with E-state index in [9.17, 15) is 14.4 Å². The van der Waals surface area contributed by atoms with E-state index in [0.29, 0.717) is 19.3 Å². The van der Waals surface area contributed by atoms with Crippen molar-refractivity contribution in [3.05, 3.63) is 109 Å². The average Bonchev–Trinajstić information content (AvgIpc) is 3.41. The molecule has 6 nitrogen and oxygen atoms in total. The Labute approximate surface area is 463 Å². The summed E-state index contributed by atoms with van der Waals surface area (Å²) in [5.74, 6) is -0.903. The molecule has 0 spiro atoms. The molecule has 0 N–H and O–H groups in total. The SMILES string of the molecule is CC/C=C\C/C=C\C/C=C\C/C=C\CCCCCCCCC(=O)OCC(COC(=O)CCCCCCCCCCCC/C=C\C=C/CCCCC)OC(=O)CCCCCCCCCCC/C=C\C/C=C\C/C=C\CC. The van der Waals surface area contributed by atoms with Crippen LogP contribution in [0.5, 0.6) is 0 Å². The fourth-order valence-corrected chi connectivity index (χ4v) is 8.62. The number of rotatable bonds is 56. The Bertz CT molecular complexity index is 1520. The number of hydrogen-bond acceptors (Lipinski definition) is 6. The van der Waals surface area contributed by atoms with Crippen molar-refractivity contribution in [2.75, 3.05) is 13.2 Å². The highest BCUT2D eigenvalue weighted by Crippen LogP contribution is 2.16. The smallest absolute Gasteiger partial charge is 0.306 e. The summed E-state index contributed by atoms with van der Waals surface area (Å²) in [7, 11) is 0. The Morgan fingerprint density at radius 3 is 0.893 bits per heavy atom. The van der Waals surface area contributed by atoms with Gasteiger partial charge in [0.2, 0.25) is 0 Å². The van der Waals surface area contributed by atoms with E-state index in [0.717, 1.165) is 122 Å². The first-order valence-corrected chi connectivity index (χ1v) is 31.4. The van der Waals surface area contributed by atoms with Gasteiger partial charge in [-0.25, -0.2) is 0 Å². The Hall–Kier alpha value is -3.93. The summed E-state index contributed by atoms with van der Waals surface area (Å²) in [6.45, 7) is 6.39. The molecule has 0 radical (unpaired) electrons. The molecule has 0 aromatic carbocycles. The number of unbranched alkanes of at least 4 members (excludes halogenated alkanes) is 28. The van der Waals surface area contributed by atoms with E-state index in [1.54, 1.807) is 0 Å². The molecule has 0 aliphatic carbocycles. The van der Waals surface area contributed by atoms with Crippen LogP contribution in [0.1, 0.15) is 290 Å². The number of ether oxygens (including phenoxy) is 3. The van der Waals surface area contributed by atoms with Crippen molar-refractivity contribution in [1.82, 2.24) is 0 Å². The number of carbonyl (C=O) groups is 3. The van der Waals surface area contributed by atoms with Gasteiger partial charge < -0.3 is 14.2 Å². The van der Waals surface area contributed by atoms with E-state index in [1.165, 1.54) is 128 Å². The number of allylic oxidation sites excluding steroid dienone is 18. The summed E-state index contributed by atoms with van der Waals surface area (Å²) in [6, 6.07) is 0. The lowest BCUT2D eigenvalue weighted by molar-refractivity contribution is -0.167. The second-order valence-corrected chi connectivity index (χ2v) is 20.6. The van der Waals surface area contributed by atoms with Crippen LogP contribution in [0.4, 0.5) is 0 Å². The highest BCUT2D eigenvalue weighted by atomic mass is 16.6. The van der Waals surface area contributed by atoms with Crippen LogP contribution in [0.2, 0.25) is 0 Å². The van der Waals surface area contributed by atoms with Gasteiger partial charge in [-0.05, 0) is 116 Å². The molecule has 75 heavy (non-hydrogen) atoms. The van der Waals surface area contributed by atoms with Crippen LogP contribution in [0.3, 0.4) is 0 Å². The van der Waals surface area contributed by atoms with Crippen LogP contribution in [-0.4, -0.2) is 37.2 Å². The molecule has 0 amide bonds. The van der Waals surface area contributed by atoms with E-state index >= 15 is 0 Å². The summed E-state index contributed by atoms with van der Waals surface area (Å²) in [4.78, 5) is 38.4. The molecule has 428 valence electrons. The van der Waals surface area contributed by atoms with Gasteiger partial charge in [0.1, 0.15) is 13.2 Å². The summed E-state index contributed by atoms with van der Waals surface area (Å²) >= 11 is 0. The average molecular weight is 1040 g/mol. The van der Waals surface area contributed by atoms with E-state index in [2.05, 4.69) is 130 Å². The lowest BCUT2D eigenvalue weighted by atomic mass is 10.1. The maximum atomic E-state index is 12.9. The van der Waals surface area contributed by atoms with Gasteiger partial charge in [0.15, 0.2) is 6.10 Å².